The van der Waals surface area contributed by atoms with Crippen molar-refractivity contribution in [2.24, 2.45) is 0 Å². The Hall–Kier alpha value is -0.910. The Morgan fingerprint density at radius 3 is 1.71 bits per heavy atom. The van der Waals surface area contributed by atoms with Crippen molar-refractivity contribution in [3.05, 3.63) is 30.3 Å². The van der Waals surface area contributed by atoms with Crippen LogP contribution in [0.15, 0.2) is 35.2 Å². The summed E-state index contributed by atoms with van der Waals surface area (Å²) >= 11 is 0. The number of rotatable bonds is 14. The Morgan fingerprint density at radius 1 is 0.750 bits per heavy atom. The fraction of sp³-hybridized carbons (Fsp3) is 0.684. The highest BCUT2D eigenvalue weighted by molar-refractivity contribution is 7.86. The van der Waals surface area contributed by atoms with Crippen molar-refractivity contribution in [2.75, 3.05) is 6.61 Å². The second-order valence-corrected chi connectivity index (χ2v) is 7.74. The first-order chi connectivity index (χ1) is 11.2. The molecule has 0 aliphatic rings. The Labute approximate surface area is 148 Å². The summed E-state index contributed by atoms with van der Waals surface area (Å²) in [7, 11) is -3.57. The fourth-order valence-electron chi connectivity index (χ4n) is 2.59. The number of benzene rings is 1. The summed E-state index contributed by atoms with van der Waals surface area (Å²) in [4.78, 5) is 0.239. The quantitative estimate of drug-likeness (QED) is 0.334. The van der Waals surface area contributed by atoms with Crippen molar-refractivity contribution in [1.82, 2.24) is 6.15 Å². The minimum Gasteiger partial charge on any atom is -0.344 e. The Bertz CT molecular complexity index is 489. The summed E-state index contributed by atoms with van der Waals surface area (Å²) in [5, 5.41) is 0. The summed E-state index contributed by atoms with van der Waals surface area (Å²) in [5.41, 5.74) is 0. The third-order valence-electron chi connectivity index (χ3n) is 4.02. The normalized spacial score (nSPS) is 11.2. The minimum atomic E-state index is -3.57. The van der Waals surface area contributed by atoms with Crippen LogP contribution in [0.5, 0.6) is 0 Å². The third-order valence-corrected chi connectivity index (χ3v) is 5.34. The molecule has 0 radical (unpaired) electrons. The Balaban J connectivity index is 0.00000529. The van der Waals surface area contributed by atoms with Crippen LogP contribution in [0.1, 0.15) is 77.6 Å². The number of unbranched alkanes of at least 4 members (excludes halogenated alkanes) is 10. The van der Waals surface area contributed by atoms with Gasteiger partial charge in [0.15, 0.2) is 0 Å². The van der Waals surface area contributed by atoms with Crippen molar-refractivity contribution in [3.63, 3.8) is 0 Å². The largest absolute Gasteiger partial charge is 0.344 e. The molecule has 0 atom stereocenters. The van der Waals surface area contributed by atoms with E-state index in [0.717, 1.165) is 12.8 Å². The molecule has 0 aliphatic carbocycles. The van der Waals surface area contributed by atoms with Gasteiger partial charge in [-0.2, -0.15) is 8.42 Å². The molecule has 24 heavy (non-hydrogen) atoms. The van der Waals surface area contributed by atoms with Gasteiger partial charge in [-0.1, -0.05) is 89.3 Å². The van der Waals surface area contributed by atoms with Gasteiger partial charge in [-0.05, 0) is 18.6 Å². The van der Waals surface area contributed by atoms with Crippen LogP contribution in [0.4, 0.5) is 0 Å². The Morgan fingerprint density at radius 2 is 1.21 bits per heavy atom. The van der Waals surface area contributed by atoms with Gasteiger partial charge in [0.25, 0.3) is 10.1 Å². The lowest BCUT2D eigenvalue weighted by Gasteiger charge is -2.05. The minimum absolute atomic E-state index is 0. The average molecular weight is 358 g/mol. The van der Waals surface area contributed by atoms with E-state index >= 15 is 0 Å². The topological polar surface area (TPSA) is 78.4 Å². The summed E-state index contributed by atoms with van der Waals surface area (Å²) in [6.45, 7) is 2.53. The first-order valence-electron chi connectivity index (χ1n) is 9.11. The number of hydrogen-bond acceptors (Lipinski definition) is 4. The first-order valence-corrected chi connectivity index (χ1v) is 10.5. The monoisotopic (exact) mass is 357 g/mol. The molecule has 0 aromatic heterocycles. The highest BCUT2D eigenvalue weighted by Gasteiger charge is 2.13. The van der Waals surface area contributed by atoms with Gasteiger partial charge < -0.3 is 6.15 Å². The van der Waals surface area contributed by atoms with Gasteiger partial charge in [-0.15, -0.1) is 0 Å². The molecule has 0 spiro atoms. The molecule has 0 heterocycles. The third kappa shape index (κ3) is 10.8. The van der Waals surface area contributed by atoms with Crippen LogP contribution in [0.2, 0.25) is 0 Å². The van der Waals surface area contributed by atoms with E-state index in [1.807, 2.05) is 0 Å². The zero-order valence-electron chi connectivity index (χ0n) is 15.2. The van der Waals surface area contributed by atoms with Gasteiger partial charge in [-0.3, -0.25) is 4.18 Å². The van der Waals surface area contributed by atoms with Crippen molar-refractivity contribution in [3.8, 4) is 0 Å². The first kappa shape index (κ1) is 23.1. The van der Waals surface area contributed by atoms with E-state index in [1.54, 1.807) is 30.3 Å². The lowest BCUT2D eigenvalue weighted by atomic mass is 10.1. The molecular weight excluding hydrogens is 322 g/mol. The molecule has 0 saturated heterocycles. The van der Waals surface area contributed by atoms with Crippen LogP contribution in [-0.4, -0.2) is 15.0 Å². The molecule has 1 aromatic carbocycles. The van der Waals surface area contributed by atoms with Gasteiger partial charge in [0.1, 0.15) is 0 Å². The molecular formula is C19H35NO3S. The molecule has 0 aliphatic heterocycles. The molecule has 4 nitrogen and oxygen atoms in total. The van der Waals surface area contributed by atoms with E-state index < -0.39 is 10.1 Å². The van der Waals surface area contributed by atoms with E-state index in [2.05, 4.69) is 6.92 Å². The number of hydrogen-bond donors (Lipinski definition) is 1. The lowest BCUT2D eigenvalue weighted by molar-refractivity contribution is 0.306. The molecule has 1 rings (SSSR count). The maximum absolute atomic E-state index is 11.9. The van der Waals surface area contributed by atoms with Crippen LogP contribution in [-0.2, 0) is 14.3 Å². The molecule has 1 aromatic rings. The highest BCUT2D eigenvalue weighted by Crippen LogP contribution is 2.14. The summed E-state index contributed by atoms with van der Waals surface area (Å²) in [6.07, 6.45) is 13.7. The van der Waals surface area contributed by atoms with Crippen molar-refractivity contribution in [2.45, 2.75) is 82.4 Å². The second-order valence-electron chi connectivity index (χ2n) is 6.12. The summed E-state index contributed by atoms with van der Waals surface area (Å²) in [6, 6.07) is 8.34. The average Bonchev–Trinajstić information content (AvgIpc) is 2.56. The van der Waals surface area contributed by atoms with Gasteiger partial charge in [0.2, 0.25) is 0 Å². The predicted molar refractivity (Wildman–Crippen MR) is 101 cm³/mol. The van der Waals surface area contributed by atoms with E-state index in [-0.39, 0.29) is 17.7 Å². The van der Waals surface area contributed by atoms with Crippen molar-refractivity contribution >= 4 is 10.1 Å². The van der Waals surface area contributed by atoms with Crippen LogP contribution in [0.25, 0.3) is 0 Å². The van der Waals surface area contributed by atoms with Gasteiger partial charge in [0.05, 0.1) is 11.5 Å². The predicted octanol–water partition coefficient (Wildman–Crippen LogP) is 5.86. The summed E-state index contributed by atoms with van der Waals surface area (Å²) in [5.74, 6) is 0. The molecule has 0 bridgehead atoms. The van der Waals surface area contributed by atoms with E-state index in [4.69, 9.17) is 4.18 Å². The van der Waals surface area contributed by atoms with E-state index in [1.165, 1.54) is 57.8 Å². The van der Waals surface area contributed by atoms with Crippen LogP contribution in [0, 0.1) is 0 Å². The van der Waals surface area contributed by atoms with Gasteiger partial charge in [0, 0.05) is 0 Å². The standard InChI is InChI=1S/C19H32O3S.H3N/c1-2-3-4-5-6-7-8-9-10-11-15-18-22-23(20,21)19-16-13-12-14-17-19;/h12-14,16-17H,2-11,15,18H2,1H3;1H3. The maximum atomic E-state index is 11.9. The van der Waals surface area contributed by atoms with E-state index in [9.17, 15) is 8.42 Å². The maximum Gasteiger partial charge on any atom is 0.296 e. The molecule has 0 unspecified atom stereocenters. The van der Waals surface area contributed by atoms with E-state index in [0.29, 0.717) is 0 Å². The lowest BCUT2D eigenvalue weighted by Crippen LogP contribution is -2.07. The Kier molecular flexibility index (Phi) is 13.9. The molecule has 3 N–H and O–H groups in total. The van der Waals surface area contributed by atoms with Crippen LogP contribution in [0.3, 0.4) is 0 Å². The molecule has 0 amide bonds. The smallest absolute Gasteiger partial charge is 0.296 e. The molecule has 140 valence electrons. The van der Waals surface area contributed by atoms with Crippen LogP contribution < -0.4 is 6.15 Å². The summed E-state index contributed by atoms with van der Waals surface area (Å²) < 4.78 is 28.9. The zero-order chi connectivity index (χ0) is 16.8. The van der Waals surface area contributed by atoms with Crippen molar-refractivity contribution < 1.29 is 12.6 Å². The highest BCUT2D eigenvalue weighted by atomic mass is 32.2. The zero-order valence-corrected chi connectivity index (χ0v) is 16.0. The van der Waals surface area contributed by atoms with Crippen LogP contribution >= 0.6 is 0 Å². The molecule has 0 fully saturated rings. The SMILES string of the molecule is CCCCCCCCCCCCCOS(=O)(=O)c1ccccc1.N. The van der Waals surface area contributed by atoms with Crippen molar-refractivity contribution in [1.29, 1.82) is 0 Å². The molecule has 5 heteroatoms. The fourth-order valence-corrected chi connectivity index (χ4v) is 3.55. The van der Waals surface area contributed by atoms with Gasteiger partial charge in [-0.25, -0.2) is 0 Å². The van der Waals surface area contributed by atoms with Gasteiger partial charge >= 0.3 is 0 Å². The molecule has 0 saturated carbocycles. The second kappa shape index (κ2) is 14.4.